The van der Waals surface area contributed by atoms with E-state index in [0.717, 1.165) is 12.2 Å². The highest BCUT2D eigenvalue weighted by Gasteiger charge is 1.99. The smallest absolute Gasteiger partial charge is 0.0992 e. The van der Waals surface area contributed by atoms with E-state index in [1.165, 1.54) is 0 Å². The molecule has 0 saturated carbocycles. The minimum absolute atomic E-state index is 0.445. The van der Waals surface area contributed by atoms with Gasteiger partial charge < -0.3 is 11.1 Å². The number of anilines is 1. The molecule has 0 aliphatic heterocycles. The fraction of sp³-hybridized carbons (Fsp3) is 0.364. The molecular formula is C11H15N3. The van der Waals surface area contributed by atoms with E-state index in [2.05, 4.69) is 18.3 Å². The van der Waals surface area contributed by atoms with Gasteiger partial charge in [0.05, 0.1) is 11.6 Å². The third kappa shape index (κ3) is 3.08. The lowest BCUT2D eigenvalue weighted by Gasteiger charge is -2.11. The zero-order valence-electron chi connectivity index (χ0n) is 8.33. The SMILES string of the molecule is CC(CN)CNc1cccc(C#N)c1. The van der Waals surface area contributed by atoms with Crippen LogP contribution < -0.4 is 11.1 Å². The van der Waals surface area contributed by atoms with Crippen molar-refractivity contribution < 1.29 is 0 Å². The van der Waals surface area contributed by atoms with Crippen molar-refractivity contribution in [2.45, 2.75) is 6.92 Å². The van der Waals surface area contributed by atoms with Crippen molar-refractivity contribution in [1.82, 2.24) is 0 Å². The van der Waals surface area contributed by atoms with Crippen LogP contribution in [-0.4, -0.2) is 13.1 Å². The highest BCUT2D eigenvalue weighted by molar-refractivity contribution is 5.49. The summed E-state index contributed by atoms with van der Waals surface area (Å²) in [6.07, 6.45) is 0. The molecule has 0 radical (unpaired) electrons. The van der Waals surface area contributed by atoms with Gasteiger partial charge in [0.25, 0.3) is 0 Å². The molecule has 0 saturated heterocycles. The second kappa shape index (κ2) is 5.25. The molecule has 0 heterocycles. The van der Waals surface area contributed by atoms with E-state index in [1.54, 1.807) is 6.07 Å². The van der Waals surface area contributed by atoms with E-state index in [1.807, 2.05) is 18.2 Å². The molecule has 1 aromatic carbocycles. The largest absolute Gasteiger partial charge is 0.385 e. The van der Waals surface area contributed by atoms with Crippen LogP contribution in [0.25, 0.3) is 0 Å². The van der Waals surface area contributed by atoms with Crippen LogP contribution in [0.4, 0.5) is 5.69 Å². The molecule has 1 rings (SSSR count). The van der Waals surface area contributed by atoms with Gasteiger partial charge in [0, 0.05) is 12.2 Å². The summed E-state index contributed by atoms with van der Waals surface area (Å²) in [7, 11) is 0. The summed E-state index contributed by atoms with van der Waals surface area (Å²) in [6.45, 7) is 3.59. The van der Waals surface area contributed by atoms with Gasteiger partial charge in [-0.15, -0.1) is 0 Å². The summed E-state index contributed by atoms with van der Waals surface area (Å²) in [5, 5.41) is 11.9. The van der Waals surface area contributed by atoms with Crippen LogP contribution in [0.15, 0.2) is 24.3 Å². The van der Waals surface area contributed by atoms with Gasteiger partial charge in [0.15, 0.2) is 0 Å². The Hall–Kier alpha value is -1.53. The maximum atomic E-state index is 8.69. The fourth-order valence-electron chi connectivity index (χ4n) is 1.07. The molecule has 3 N–H and O–H groups in total. The minimum Gasteiger partial charge on any atom is -0.385 e. The Balaban J connectivity index is 2.55. The fourth-order valence-corrected chi connectivity index (χ4v) is 1.07. The molecule has 0 aliphatic rings. The molecule has 1 unspecified atom stereocenters. The number of hydrogen-bond acceptors (Lipinski definition) is 3. The molecule has 0 bridgehead atoms. The molecular weight excluding hydrogens is 174 g/mol. The van der Waals surface area contributed by atoms with Gasteiger partial charge in [-0.2, -0.15) is 5.26 Å². The first-order valence-corrected chi connectivity index (χ1v) is 4.70. The number of nitrogens with two attached hydrogens (primary N) is 1. The molecule has 3 heteroatoms. The molecule has 0 fully saturated rings. The van der Waals surface area contributed by atoms with Gasteiger partial charge in [-0.1, -0.05) is 13.0 Å². The average Bonchev–Trinajstić information content (AvgIpc) is 2.26. The molecule has 3 nitrogen and oxygen atoms in total. The van der Waals surface area contributed by atoms with Gasteiger partial charge in [-0.25, -0.2) is 0 Å². The Morgan fingerprint density at radius 2 is 2.36 bits per heavy atom. The van der Waals surface area contributed by atoms with Crippen molar-refractivity contribution in [3.05, 3.63) is 29.8 Å². The minimum atomic E-state index is 0.445. The van der Waals surface area contributed by atoms with Gasteiger partial charge in [-0.3, -0.25) is 0 Å². The molecule has 0 aliphatic carbocycles. The highest BCUT2D eigenvalue weighted by atomic mass is 14.9. The predicted molar refractivity (Wildman–Crippen MR) is 57.9 cm³/mol. The Labute approximate surface area is 84.5 Å². The number of nitrogens with zero attached hydrogens (tertiary/aromatic N) is 1. The Kier molecular flexibility index (Phi) is 3.96. The van der Waals surface area contributed by atoms with Gasteiger partial charge >= 0.3 is 0 Å². The van der Waals surface area contributed by atoms with Crippen molar-refractivity contribution >= 4 is 5.69 Å². The molecule has 0 aromatic heterocycles. The lowest BCUT2D eigenvalue weighted by atomic mass is 10.1. The van der Waals surface area contributed by atoms with Crippen molar-refractivity contribution in [2.75, 3.05) is 18.4 Å². The predicted octanol–water partition coefficient (Wildman–Crippen LogP) is 1.56. The maximum absolute atomic E-state index is 8.69. The summed E-state index contributed by atoms with van der Waals surface area (Å²) in [5.74, 6) is 0.445. The summed E-state index contributed by atoms with van der Waals surface area (Å²) in [6, 6.07) is 9.55. The first-order valence-electron chi connectivity index (χ1n) is 4.70. The summed E-state index contributed by atoms with van der Waals surface area (Å²) in [4.78, 5) is 0. The number of benzene rings is 1. The standard InChI is InChI=1S/C11H15N3/c1-9(6-12)8-14-11-4-2-3-10(5-11)7-13/h2-5,9,14H,6,8,12H2,1H3. The van der Waals surface area contributed by atoms with Crippen molar-refractivity contribution in [3.63, 3.8) is 0 Å². The highest BCUT2D eigenvalue weighted by Crippen LogP contribution is 2.10. The molecule has 0 amide bonds. The van der Waals surface area contributed by atoms with E-state index in [-0.39, 0.29) is 0 Å². The molecule has 14 heavy (non-hydrogen) atoms. The monoisotopic (exact) mass is 189 g/mol. The summed E-state index contributed by atoms with van der Waals surface area (Å²) in [5.41, 5.74) is 7.15. The second-order valence-electron chi connectivity index (χ2n) is 3.41. The normalized spacial score (nSPS) is 11.8. The Bertz CT molecular complexity index is 328. The molecule has 1 atom stereocenters. The van der Waals surface area contributed by atoms with Crippen LogP contribution in [0.5, 0.6) is 0 Å². The molecule has 0 spiro atoms. The van der Waals surface area contributed by atoms with Crippen molar-refractivity contribution in [1.29, 1.82) is 5.26 Å². The average molecular weight is 189 g/mol. The van der Waals surface area contributed by atoms with Gasteiger partial charge in [-0.05, 0) is 30.7 Å². The Morgan fingerprint density at radius 3 is 3.00 bits per heavy atom. The first kappa shape index (κ1) is 10.6. The number of nitriles is 1. The van der Waals surface area contributed by atoms with Gasteiger partial charge in [0.2, 0.25) is 0 Å². The van der Waals surface area contributed by atoms with E-state index >= 15 is 0 Å². The van der Waals surface area contributed by atoms with Crippen LogP contribution in [0.1, 0.15) is 12.5 Å². The molecule has 1 aromatic rings. The number of rotatable bonds is 4. The van der Waals surface area contributed by atoms with Crippen molar-refractivity contribution in [2.24, 2.45) is 11.7 Å². The Morgan fingerprint density at radius 1 is 1.57 bits per heavy atom. The topological polar surface area (TPSA) is 61.8 Å². The van der Waals surface area contributed by atoms with Crippen LogP contribution in [0, 0.1) is 17.2 Å². The summed E-state index contributed by atoms with van der Waals surface area (Å²) < 4.78 is 0. The van der Waals surface area contributed by atoms with E-state index in [4.69, 9.17) is 11.0 Å². The number of hydrogen-bond donors (Lipinski definition) is 2. The van der Waals surface area contributed by atoms with Crippen LogP contribution in [0.2, 0.25) is 0 Å². The second-order valence-corrected chi connectivity index (χ2v) is 3.41. The van der Waals surface area contributed by atoms with E-state index < -0.39 is 0 Å². The van der Waals surface area contributed by atoms with Crippen LogP contribution in [-0.2, 0) is 0 Å². The number of nitrogens with one attached hydrogen (secondary N) is 1. The lowest BCUT2D eigenvalue weighted by molar-refractivity contribution is 0.628. The summed E-state index contributed by atoms with van der Waals surface area (Å²) >= 11 is 0. The van der Waals surface area contributed by atoms with E-state index in [9.17, 15) is 0 Å². The third-order valence-corrected chi connectivity index (χ3v) is 2.05. The third-order valence-electron chi connectivity index (χ3n) is 2.05. The van der Waals surface area contributed by atoms with Gasteiger partial charge in [0.1, 0.15) is 0 Å². The van der Waals surface area contributed by atoms with Crippen LogP contribution >= 0.6 is 0 Å². The quantitative estimate of drug-likeness (QED) is 0.755. The first-order chi connectivity index (χ1) is 6.76. The zero-order valence-corrected chi connectivity index (χ0v) is 8.33. The zero-order chi connectivity index (χ0) is 10.4. The van der Waals surface area contributed by atoms with E-state index in [0.29, 0.717) is 18.0 Å². The molecule has 74 valence electrons. The van der Waals surface area contributed by atoms with Crippen LogP contribution in [0.3, 0.4) is 0 Å². The van der Waals surface area contributed by atoms with Crippen molar-refractivity contribution in [3.8, 4) is 6.07 Å². The lowest BCUT2D eigenvalue weighted by Crippen LogP contribution is -2.19. The maximum Gasteiger partial charge on any atom is 0.0992 e.